The maximum atomic E-state index is 13.1. The highest BCUT2D eigenvalue weighted by atomic mass is 16.5. The molecule has 1 aliphatic rings. The third-order valence-corrected chi connectivity index (χ3v) is 6.00. The lowest BCUT2D eigenvalue weighted by atomic mass is 9.91. The fraction of sp³-hybridized carbons (Fsp3) is 0.391. The van der Waals surface area contributed by atoms with E-state index in [4.69, 9.17) is 9.15 Å². The van der Waals surface area contributed by atoms with Gasteiger partial charge in [0.25, 0.3) is 5.56 Å². The fourth-order valence-corrected chi connectivity index (χ4v) is 4.05. The van der Waals surface area contributed by atoms with Crippen LogP contribution < -0.4 is 11.2 Å². The molecule has 158 valence electrons. The zero-order valence-electron chi connectivity index (χ0n) is 17.1. The maximum Gasteiger partial charge on any atom is 0.333 e. The lowest BCUT2D eigenvalue weighted by molar-refractivity contribution is -0.0249. The summed E-state index contributed by atoms with van der Waals surface area (Å²) in [6, 6.07) is 14.6. The van der Waals surface area contributed by atoms with Crippen LogP contribution in [-0.2, 0) is 11.3 Å². The molecule has 3 aromatic rings. The number of furan rings is 1. The average Bonchev–Trinajstić information content (AvgIpc) is 3.33. The number of rotatable bonds is 6. The molecular formula is C23H26N2O5. The molecule has 0 bridgehead atoms. The minimum absolute atomic E-state index is 0.0328. The van der Waals surface area contributed by atoms with Crippen molar-refractivity contribution in [3.63, 3.8) is 0 Å². The first-order valence-electron chi connectivity index (χ1n) is 10.2. The number of benzene rings is 1. The van der Waals surface area contributed by atoms with Gasteiger partial charge in [-0.15, -0.1) is 0 Å². The molecule has 1 N–H and O–H groups in total. The molecule has 1 saturated heterocycles. The zero-order chi connectivity index (χ0) is 21.3. The van der Waals surface area contributed by atoms with Gasteiger partial charge in [-0.25, -0.2) is 4.79 Å². The highest BCUT2D eigenvalue weighted by molar-refractivity contribution is 5.57. The fourth-order valence-electron chi connectivity index (χ4n) is 4.05. The van der Waals surface area contributed by atoms with Gasteiger partial charge in [-0.2, -0.15) is 0 Å². The summed E-state index contributed by atoms with van der Waals surface area (Å²) >= 11 is 0. The summed E-state index contributed by atoms with van der Waals surface area (Å²) in [6.07, 6.45) is 1.41. The van der Waals surface area contributed by atoms with E-state index >= 15 is 0 Å². The summed E-state index contributed by atoms with van der Waals surface area (Å²) in [5.74, 6) is 1.47. The van der Waals surface area contributed by atoms with Gasteiger partial charge in [0.1, 0.15) is 17.7 Å². The van der Waals surface area contributed by atoms with Gasteiger partial charge in [0.15, 0.2) is 0 Å². The molecule has 4 atom stereocenters. The van der Waals surface area contributed by atoms with Crippen molar-refractivity contribution < 1.29 is 14.3 Å². The van der Waals surface area contributed by atoms with Crippen LogP contribution in [0.15, 0.2) is 68.7 Å². The second-order valence-electron chi connectivity index (χ2n) is 7.86. The summed E-state index contributed by atoms with van der Waals surface area (Å²) in [4.78, 5) is 25.6. The highest BCUT2D eigenvalue weighted by Crippen LogP contribution is 2.39. The predicted octanol–water partition coefficient (Wildman–Crippen LogP) is 2.87. The van der Waals surface area contributed by atoms with Crippen LogP contribution in [0.4, 0.5) is 0 Å². The van der Waals surface area contributed by atoms with E-state index in [0.29, 0.717) is 17.9 Å². The van der Waals surface area contributed by atoms with Crippen molar-refractivity contribution in [2.45, 2.75) is 39.1 Å². The van der Waals surface area contributed by atoms with Gasteiger partial charge in [-0.05, 0) is 24.5 Å². The molecule has 0 amide bonds. The van der Waals surface area contributed by atoms with Gasteiger partial charge >= 0.3 is 5.69 Å². The first-order valence-corrected chi connectivity index (χ1v) is 10.2. The Kier molecular flexibility index (Phi) is 5.74. The molecule has 1 aromatic carbocycles. The summed E-state index contributed by atoms with van der Waals surface area (Å²) in [7, 11) is 0. The third kappa shape index (κ3) is 3.78. The highest BCUT2D eigenvalue weighted by Gasteiger charge is 2.40. The van der Waals surface area contributed by atoms with E-state index < -0.39 is 11.9 Å². The second kappa shape index (κ2) is 8.45. The number of aliphatic hydroxyl groups is 1. The van der Waals surface area contributed by atoms with Gasteiger partial charge in [0.05, 0.1) is 12.6 Å². The van der Waals surface area contributed by atoms with E-state index in [1.54, 1.807) is 6.07 Å². The maximum absolute atomic E-state index is 13.1. The lowest BCUT2D eigenvalue weighted by Gasteiger charge is -2.19. The molecular weight excluding hydrogens is 384 g/mol. The molecule has 4 rings (SSSR count). The Bertz CT molecular complexity index is 1110. The average molecular weight is 410 g/mol. The number of nitrogens with zero attached hydrogens (tertiary/aromatic N) is 2. The largest absolute Gasteiger partial charge is 0.459 e. The van der Waals surface area contributed by atoms with Crippen molar-refractivity contribution in [2.75, 3.05) is 6.61 Å². The Hall–Kier alpha value is -2.90. The molecule has 7 heteroatoms. The number of hydrogen-bond donors (Lipinski definition) is 1. The first kappa shape index (κ1) is 20.4. The zero-order valence-corrected chi connectivity index (χ0v) is 17.1. The van der Waals surface area contributed by atoms with Crippen molar-refractivity contribution in [2.24, 2.45) is 11.8 Å². The molecule has 1 aliphatic heterocycles. The minimum atomic E-state index is -0.479. The standard InChI is InChI=1S/C23H26N2O5/c1-15-16(2)22(30-19(15)11-13-26)24-12-10-21(27)25(23(24)28)14-18-8-9-20(29-18)17-6-4-3-5-7-17/h3-10,12,15-16,19,22,26H,11,13-14H2,1-2H3. The van der Waals surface area contributed by atoms with E-state index in [9.17, 15) is 14.7 Å². The predicted molar refractivity (Wildman–Crippen MR) is 112 cm³/mol. The smallest absolute Gasteiger partial charge is 0.333 e. The van der Waals surface area contributed by atoms with Crippen molar-refractivity contribution in [1.29, 1.82) is 0 Å². The Labute approximate surface area is 174 Å². The third-order valence-electron chi connectivity index (χ3n) is 6.00. The van der Waals surface area contributed by atoms with E-state index in [-0.39, 0.29) is 36.7 Å². The van der Waals surface area contributed by atoms with Crippen LogP contribution >= 0.6 is 0 Å². The van der Waals surface area contributed by atoms with Crippen LogP contribution in [0.1, 0.15) is 32.3 Å². The van der Waals surface area contributed by atoms with Gasteiger partial charge < -0.3 is 14.3 Å². The normalized spacial score (nSPS) is 23.7. The van der Waals surface area contributed by atoms with Crippen LogP contribution in [0.25, 0.3) is 11.3 Å². The van der Waals surface area contributed by atoms with Crippen molar-refractivity contribution in [1.82, 2.24) is 9.13 Å². The summed E-state index contributed by atoms with van der Waals surface area (Å²) in [5, 5.41) is 9.27. The lowest BCUT2D eigenvalue weighted by Crippen LogP contribution is -2.41. The Balaban J connectivity index is 1.62. The van der Waals surface area contributed by atoms with Crippen molar-refractivity contribution >= 4 is 0 Å². The summed E-state index contributed by atoms with van der Waals surface area (Å²) < 4.78 is 14.6. The topological polar surface area (TPSA) is 86.6 Å². The number of aliphatic hydroxyl groups excluding tert-OH is 1. The monoisotopic (exact) mass is 410 g/mol. The SMILES string of the molecule is CC1C(CCO)OC(n2ccc(=O)n(Cc3ccc(-c4ccccc4)o3)c2=O)C1C. The van der Waals surface area contributed by atoms with Crippen molar-refractivity contribution in [3.05, 3.63) is 81.3 Å². The van der Waals surface area contributed by atoms with Crippen LogP contribution in [0.5, 0.6) is 0 Å². The number of aromatic nitrogens is 2. The van der Waals surface area contributed by atoms with Gasteiger partial charge in [0, 0.05) is 30.4 Å². The Morgan fingerprint density at radius 3 is 2.50 bits per heavy atom. The van der Waals surface area contributed by atoms with Gasteiger partial charge in [-0.3, -0.25) is 13.9 Å². The quantitative estimate of drug-likeness (QED) is 0.675. The van der Waals surface area contributed by atoms with Gasteiger partial charge in [0.2, 0.25) is 0 Å². The summed E-state index contributed by atoms with van der Waals surface area (Å²) in [5.41, 5.74) is 0.104. The Morgan fingerprint density at radius 1 is 1.00 bits per heavy atom. The molecule has 0 spiro atoms. The van der Waals surface area contributed by atoms with Crippen LogP contribution in [0.3, 0.4) is 0 Å². The number of hydrogen-bond acceptors (Lipinski definition) is 5. The molecule has 3 heterocycles. The molecule has 0 radical (unpaired) electrons. The van der Waals surface area contributed by atoms with Crippen LogP contribution in [0.2, 0.25) is 0 Å². The minimum Gasteiger partial charge on any atom is -0.459 e. The molecule has 4 unspecified atom stereocenters. The Morgan fingerprint density at radius 2 is 1.77 bits per heavy atom. The van der Waals surface area contributed by atoms with Gasteiger partial charge in [-0.1, -0.05) is 44.2 Å². The molecule has 2 aromatic heterocycles. The molecule has 30 heavy (non-hydrogen) atoms. The molecule has 7 nitrogen and oxygen atoms in total. The van der Waals surface area contributed by atoms with Crippen LogP contribution in [-0.4, -0.2) is 27.0 Å². The molecule has 0 saturated carbocycles. The van der Waals surface area contributed by atoms with Crippen LogP contribution in [0, 0.1) is 11.8 Å². The van der Waals surface area contributed by atoms with E-state index in [1.165, 1.54) is 16.8 Å². The van der Waals surface area contributed by atoms with E-state index in [0.717, 1.165) is 10.1 Å². The number of ether oxygens (including phenoxy) is 1. The van der Waals surface area contributed by atoms with Crippen molar-refractivity contribution in [3.8, 4) is 11.3 Å². The van der Waals surface area contributed by atoms with E-state index in [2.05, 4.69) is 6.92 Å². The summed E-state index contributed by atoms with van der Waals surface area (Å²) in [6.45, 7) is 4.15. The first-order chi connectivity index (χ1) is 14.5. The second-order valence-corrected chi connectivity index (χ2v) is 7.86. The molecule has 0 aliphatic carbocycles. The van der Waals surface area contributed by atoms with E-state index in [1.807, 2.05) is 43.3 Å². The molecule has 1 fully saturated rings.